The summed E-state index contributed by atoms with van der Waals surface area (Å²) >= 11 is 0. The van der Waals surface area contributed by atoms with Crippen molar-refractivity contribution in [2.24, 2.45) is 11.8 Å². The average Bonchev–Trinajstić information content (AvgIpc) is 2.44. The zero-order chi connectivity index (χ0) is 13.8. The van der Waals surface area contributed by atoms with Gasteiger partial charge in [0.1, 0.15) is 5.82 Å². The first-order valence-electron chi connectivity index (χ1n) is 7.59. The Kier molecular flexibility index (Phi) is 4.98. The summed E-state index contributed by atoms with van der Waals surface area (Å²) in [7, 11) is 2.00. The topological polar surface area (TPSA) is 12.0 Å². The molecule has 0 saturated heterocycles. The van der Waals surface area contributed by atoms with E-state index in [1.54, 1.807) is 6.07 Å². The van der Waals surface area contributed by atoms with Gasteiger partial charge in [0.05, 0.1) is 0 Å². The van der Waals surface area contributed by atoms with Crippen LogP contribution in [0.4, 0.5) is 4.39 Å². The smallest absolute Gasteiger partial charge is 0.126 e. The zero-order valence-corrected chi connectivity index (χ0v) is 12.4. The minimum Gasteiger partial charge on any atom is -0.313 e. The van der Waals surface area contributed by atoms with Crippen LogP contribution in [0.3, 0.4) is 0 Å². The predicted octanol–water partition coefficient (Wildman–Crippen LogP) is 4.61. The van der Waals surface area contributed by atoms with Crippen molar-refractivity contribution in [2.45, 2.75) is 52.0 Å². The molecular weight excluding hydrogens is 237 g/mol. The molecule has 2 rings (SSSR count). The zero-order valence-electron chi connectivity index (χ0n) is 12.4. The molecule has 0 heterocycles. The van der Waals surface area contributed by atoms with Crippen molar-refractivity contribution in [3.05, 3.63) is 35.1 Å². The number of aryl methyl sites for hydroxylation is 1. The Morgan fingerprint density at radius 2 is 2.16 bits per heavy atom. The van der Waals surface area contributed by atoms with Crippen molar-refractivity contribution in [1.82, 2.24) is 5.32 Å². The van der Waals surface area contributed by atoms with Gasteiger partial charge in [0.25, 0.3) is 0 Å². The Morgan fingerprint density at radius 3 is 2.79 bits per heavy atom. The van der Waals surface area contributed by atoms with Crippen LogP contribution in [0, 0.1) is 24.6 Å². The molecule has 2 heteroatoms. The summed E-state index contributed by atoms with van der Waals surface area (Å²) in [6.45, 7) is 4.11. The van der Waals surface area contributed by atoms with E-state index in [9.17, 15) is 4.39 Å². The molecule has 1 aliphatic rings. The Balaban J connectivity index is 2.16. The summed E-state index contributed by atoms with van der Waals surface area (Å²) in [6.07, 6.45) is 6.49. The van der Waals surface area contributed by atoms with Crippen LogP contribution in [-0.4, -0.2) is 7.05 Å². The molecule has 3 atom stereocenters. The first kappa shape index (κ1) is 14.5. The van der Waals surface area contributed by atoms with Crippen molar-refractivity contribution < 1.29 is 4.39 Å². The van der Waals surface area contributed by atoms with E-state index in [-0.39, 0.29) is 5.82 Å². The quantitative estimate of drug-likeness (QED) is 0.836. The highest BCUT2D eigenvalue weighted by atomic mass is 19.1. The van der Waals surface area contributed by atoms with Gasteiger partial charge in [-0.25, -0.2) is 4.39 Å². The van der Waals surface area contributed by atoms with E-state index in [4.69, 9.17) is 0 Å². The van der Waals surface area contributed by atoms with Crippen LogP contribution in [0.25, 0.3) is 0 Å². The minimum atomic E-state index is -0.0828. The van der Waals surface area contributed by atoms with E-state index in [0.717, 1.165) is 17.0 Å². The largest absolute Gasteiger partial charge is 0.313 e. The second kappa shape index (κ2) is 6.51. The maximum Gasteiger partial charge on any atom is 0.126 e. The molecule has 0 bridgehead atoms. The number of nitrogens with one attached hydrogen (secondary N) is 1. The lowest BCUT2D eigenvalue weighted by Gasteiger charge is -2.34. The predicted molar refractivity (Wildman–Crippen MR) is 78.7 cm³/mol. The van der Waals surface area contributed by atoms with E-state index in [2.05, 4.69) is 18.3 Å². The van der Waals surface area contributed by atoms with Crippen molar-refractivity contribution in [1.29, 1.82) is 0 Å². The summed E-state index contributed by atoms with van der Waals surface area (Å²) in [6, 6.07) is 5.99. The fraction of sp³-hybridized carbons (Fsp3) is 0.647. The van der Waals surface area contributed by atoms with Crippen molar-refractivity contribution in [3.63, 3.8) is 0 Å². The summed E-state index contributed by atoms with van der Waals surface area (Å²) in [4.78, 5) is 0. The highest BCUT2D eigenvalue weighted by molar-refractivity contribution is 5.26. The molecular formula is C17H26FN. The standard InChI is InChI=1S/C17H26FN/c1-4-13-6-5-7-14(10-13)17(19-3)15-9-8-12(2)16(18)11-15/h8-9,11,13-14,17,19H,4-7,10H2,1-3H3. The molecule has 1 fully saturated rings. The Bertz CT molecular complexity index is 416. The van der Waals surface area contributed by atoms with Crippen LogP contribution < -0.4 is 5.32 Å². The molecule has 1 nitrogen and oxygen atoms in total. The third-order valence-electron chi connectivity index (χ3n) is 4.74. The lowest BCUT2D eigenvalue weighted by Crippen LogP contribution is -2.29. The molecule has 1 aromatic carbocycles. The van der Waals surface area contributed by atoms with Gasteiger partial charge in [-0.3, -0.25) is 0 Å². The summed E-state index contributed by atoms with van der Waals surface area (Å²) in [5, 5.41) is 3.41. The molecule has 1 aromatic rings. The summed E-state index contributed by atoms with van der Waals surface area (Å²) < 4.78 is 13.8. The molecule has 106 valence electrons. The van der Waals surface area contributed by atoms with Crippen LogP contribution in [-0.2, 0) is 0 Å². The molecule has 0 spiro atoms. The second-order valence-electron chi connectivity index (χ2n) is 5.98. The lowest BCUT2D eigenvalue weighted by molar-refractivity contribution is 0.214. The maximum absolute atomic E-state index is 13.8. The Labute approximate surface area is 116 Å². The Morgan fingerprint density at radius 1 is 1.37 bits per heavy atom. The van der Waals surface area contributed by atoms with Crippen LogP contribution in [0.2, 0.25) is 0 Å². The summed E-state index contributed by atoms with van der Waals surface area (Å²) in [5.41, 5.74) is 1.83. The van der Waals surface area contributed by atoms with E-state index < -0.39 is 0 Å². The van der Waals surface area contributed by atoms with Crippen molar-refractivity contribution in [2.75, 3.05) is 7.05 Å². The first-order chi connectivity index (χ1) is 9.15. The van der Waals surface area contributed by atoms with E-state index in [1.807, 2.05) is 20.0 Å². The average molecular weight is 263 g/mol. The van der Waals surface area contributed by atoms with E-state index in [1.165, 1.54) is 32.1 Å². The number of halogens is 1. The van der Waals surface area contributed by atoms with Gasteiger partial charge < -0.3 is 5.32 Å². The molecule has 19 heavy (non-hydrogen) atoms. The number of benzene rings is 1. The van der Waals surface area contributed by atoms with E-state index in [0.29, 0.717) is 12.0 Å². The van der Waals surface area contributed by atoms with Crippen LogP contribution in [0.1, 0.15) is 56.2 Å². The highest BCUT2D eigenvalue weighted by Gasteiger charge is 2.28. The molecule has 0 aromatic heterocycles. The molecule has 0 radical (unpaired) electrons. The van der Waals surface area contributed by atoms with Gasteiger partial charge in [-0.1, -0.05) is 38.3 Å². The molecule has 0 amide bonds. The fourth-order valence-electron chi connectivity index (χ4n) is 3.48. The van der Waals surface area contributed by atoms with Gasteiger partial charge >= 0.3 is 0 Å². The minimum absolute atomic E-state index is 0.0828. The molecule has 3 unspecified atom stereocenters. The lowest BCUT2D eigenvalue weighted by atomic mass is 9.75. The third kappa shape index (κ3) is 3.36. The van der Waals surface area contributed by atoms with E-state index >= 15 is 0 Å². The number of hydrogen-bond acceptors (Lipinski definition) is 1. The maximum atomic E-state index is 13.8. The van der Waals surface area contributed by atoms with Crippen LogP contribution in [0.15, 0.2) is 18.2 Å². The molecule has 1 saturated carbocycles. The van der Waals surface area contributed by atoms with Gasteiger partial charge in [0, 0.05) is 6.04 Å². The fourth-order valence-corrected chi connectivity index (χ4v) is 3.48. The molecule has 0 aliphatic heterocycles. The summed E-state index contributed by atoms with van der Waals surface area (Å²) in [5.74, 6) is 1.41. The second-order valence-corrected chi connectivity index (χ2v) is 5.98. The number of rotatable bonds is 4. The van der Waals surface area contributed by atoms with Crippen molar-refractivity contribution in [3.8, 4) is 0 Å². The number of hydrogen-bond donors (Lipinski definition) is 1. The van der Waals surface area contributed by atoms with Gasteiger partial charge in [0.15, 0.2) is 0 Å². The van der Waals surface area contributed by atoms with Gasteiger partial charge in [0.2, 0.25) is 0 Å². The molecule has 1 N–H and O–H groups in total. The van der Waals surface area contributed by atoms with Gasteiger partial charge in [-0.2, -0.15) is 0 Å². The SMILES string of the molecule is CCC1CCCC(C(NC)c2ccc(C)c(F)c2)C1. The normalized spacial score (nSPS) is 25.3. The van der Waals surface area contributed by atoms with Gasteiger partial charge in [-0.15, -0.1) is 0 Å². The third-order valence-corrected chi connectivity index (χ3v) is 4.74. The van der Waals surface area contributed by atoms with Crippen LogP contribution in [0.5, 0.6) is 0 Å². The molecule has 1 aliphatic carbocycles. The first-order valence-corrected chi connectivity index (χ1v) is 7.59. The van der Waals surface area contributed by atoms with Crippen molar-refractivity contribution >= 4 is 0 Å². The van der Waals surface area contributed by atoms with Crippen LogP contribution >= 0.6 is 0 Å². The highest BCUT2D eigenvalue weighted by Crippen LogP contribution is 2.38. The Hall–Kier alpha value is -0.890. The van der Waals surface area contributed by atoms with Gasteiger partial charge in [-0.05, 0) is 55.8 Å². The monoisotopic (exact) mass is 263 g/mol.